The minimum Gasteiger partial charge on any atom is -0.381 e. The second-order valence-corrected chi connectivity index (χ2v) is 7.19. The van der Waals surface area contributed by atoms with E-state index in [1.807, 2.05) is 30.2 Å². The maximum atomic E-state index is 5.94. The topological polar surface area (TPSA) is 63.9 Å². The molecule has 1 N–H and O–H groups in total. The van der Waals surface area contributed by atoms with E-state index >= 15 is 0 Å². The first-order chi connectivity index (χ1) is 14.3. The fraction of sp³-hybridized carbons (Fsp3) is 0.545. The number of morpholine rings is 1. The van der Waals surface area contributed by atoms with Crippen molar-refractivity contribution in [3.05, 3.63) is 53.9 Å². The van der Waals surface area contributed by atoms with Gasteiger partial charge in [-0.15, -0.1) is 24.0 Å². The Hall–Kier alpha value is -1.65. The number of hydrogen-bond donors (Lipinski definition) is 1. The zero-order chi connectivity index (χ0) is 20.3. The highest BCUT2D eigenvalue weighted by Crippen LogP contribution is 2.21. The Morgan fingerprint density at radius 2 is 2.13 bits per heavy atom. The molecule has 7 nitrogen and oxygen atoms in total. The summed E-state index contributed by atoms with van der Waals surface area (Å²) in [5, 5.41) is 7.67. The lowest BCUT2D eigenvalue weighted by molar-refractivity contribution is -0.00805. The van der Waals surface area contributed by atoms with Gasteiger partial charge in [0.15, 0.2) is 5.96 Å². The van der Waals surface area contributed by atoms with Crippen molar-refractivity contribution in [3.8, 4) is 0 Å². The number of rotatable bonds is 9. The van der Waals surface area contributed by atoms with E-state index in [2.05, 4.69) is 46.5 Å². The van der Waals surface area contributed by atoms with Crippen LogP contribution in [0.5, 0.6) is 0 Å². The highest BCUT2D eigenvalue weighted by Gasteiger charge is 2.25. The number of aryl methyl sites for hydroxylation is 1. The van der Waals surface area contributed by atoms with Crippen molar-refractivity contribution in [2.45, 2.75) is 25.9 Å². The molecule has 0 aliphatic carbocycles. The highest BCUT2D eigenvalue weighted by molar-refractivity contribution is 14.0. The SMILES string of the molecule is CCNC(=NCCCOCCc1ccccc1)N1CCOC(c2cnn(C)c2)C1.I. The molecule has 0 spiro atoms. The Labute approximate surface area is 196 Å². The Kier molecular flexibility index (Phi) is 11.2. The quantitative estimate of drug-likeness (QED) is 0.235. The molecule has 8 heteroatoms. The third kappa shape index (κ3) is 7.88. The summed E-state index contributed by atoms with van der Waals surface area (Å²) in [7, 11) is 1.93. The maximum Gasteiger partial charge on any atom is 0.194 e. The van der Waals surface area contributed by atoms with Gasteiger partial charge in [0.05, 0.1) is 26.0 Å². The molecular weight excluding hydrogens is 493 g/mol. The van der Waals surface area contributed by atoms with Crippen LogP contribution in [0.4, 0.5) is 0 Å². The lowest BCUT2D eigenvalue weighted by Crippen LogP contribution is -2.48. The van der Waals surface area contributed by atoms with E-state index in [4.69, 9.17) is 14.5 Å². The van der Waals surface area contributed by atoms with Crippen LogP contribution in [-0.2, 0) is 22.9 Å². The maximum absolute atomic E-state index is 5.94. The molecule has 0 radical (unpaired) electrons. The van der Waals surface area contributed by atoms with Gasteiger partial charge in [-0.2, -0.15) is 5.10 Å². The zero-order valence-corrected chi connectivity index (χ0v) is 20.3. The normalized spacial score (nSPS) is 16.9. The Balaban J connectivity index is 0.00000320. The lowest BCUT2D eigenvalue weighted by atomic mass is 10.1. The Morgan fingerprint density at radius 3 is 2.87 bits per heavy atom. The molecule has 1 unspecified atom stereocenters. The summed E-state index contributed by atoms with van der Waals surface area (Å²) in [6, 6.07) is 10.4. The lowest BCUT2D eigenvalue weighted by Gasteiger charge is -2.34. The van der Waals surface area contributed by atoms with Crippen LogP contribution >= 0.6 is 24.0 Å². The smallest absolute Gasteiger partial charge is 0.194 e. The first-order valence-corrected chi connectivity index (χ1v) is 10.5. The molecule has 0 saturated carbocycles. The van der Waals surface area contributed by atoms with Gasteiger partial charge in [0.25, 0.3) is 0 Å². The number of ether oxygens (including phenoxy) is 2. The summed E-state index contributed by atoms with van der Waals surface area (Å²) in [6.45, 7) is 7.50. The molecule has 166 valence electrons. The van der Waals surface area contributed by atoms with Crippen molar-refractivity contribution in [1.82, 2.24) is 20.0 Å². The largest absolute Gasteiger partial charge is 0.381 e. The number of hydrogen-bond acceptors (Lipinski definition) is 4. The third-order valence-electron chi connectivity index (χ3n) is 4.88. The van der Waals surface area contributed by atoms with E-state index in [1.54, 1.807) is 0 Å². The van der Waals surface area contributed by atoms with Gasteiger partial charge in [0.1, 0.15) is 6.10 Å². The molecular formula is C22H34IN5O2. The first-order valence-electron chi connectivity index (χ1n) is 10.5. The van der Waals surface area contributed by atoms with Crippen LogP contribution in [0, 0.1) is 0 Å². The van der Waals surface area contributed by atoms with E-state index in [0.29, 0.717) is 6.61 Å². The molecule has 2 heterocycles. The average molecular weight is 527 g/mol. The van der Waals surface area contributed by atoms with Crippen LogP contribution in [0.1, 0.15) is 30.6 Å². The number of aromatic nitrogens is 2. The van der Waals surface area contributed by atoms with E-state index < -0.39 is 0 Å². The van der Waals surface area contributed by atoms with Crippen LogP contribution in [0.3, 0.4) is 0 Å². The number of halogens is 1. The predicted molar refractivity (Wildman–Crippen MR) is 130 cm³/mol. The first kappa shape index (κ1) is 24.6. The van der Waals surface area contributed by atoms with Gasteiger partial charge < -0.3 is 19.7 Å². The number of nitrogens with one attached hydrogen (secondary N) is 1. The van der Waals surface area contributed by atoms with Gasteiger partial charge in [-0.3, -0.25) is 9.67 Å². The molecule has 1 aliphatic rings. The molecule has 0 bridgehead atoms. The number of aliphatic imine (C=N–C) groups is 1. The van der Waals surface area contributed by atoms with Crippen molar-refractivity contribution >= 4 is 29.9 Å². The number of benzene rings is 1. The number of nitrogens with zero attached hydrogens (tertiary/aromatic N) is 4. The fourth-order valence-corrected chi connectivity index (χ4v) is 3.36. The van der Waals surface area contributed by atoms with Gasteiger partial charge in [-0.25, -0.2) is 0 Å². The Morgan fingerprint density at radius 1 is 1.30 bits per heavy atom. The van der Waals surface area contributed by atoms with E-state index in [9.17, 15) is 0 Å². The molecule has 0 amide bonds. The van der Waals surface area contributed by atoms with Crippen molar-refractivity contribution in [2.75, 3.05) is 46.0 Å². The predicted octanol–water partition coefficient (Wildman–Crippen LogP) is 3.03. The molecule has 30 heavy (non-hydrogen) atoms. The minimum atomic E-state index is 0. The summed E-state index contributed by atoms with van der Waals surface area (Å²) in [5.74, 6) is 0.953. The average Bonchev–Trinajstić information content (AvgIpc) is 3.19. The zero-order valence-electron chi connectivity index (χ0n) is 18.0. The third-order valence-corrected chi connectivity index (χ3v) is 4.88. The molecule has 1 saturated heterocycles. The standard InChI is InChI=1S/C22H33N5O2.HI/c1-3-23-22(24-11-7-13-28-14-10-19-8-5-4-6-9-19)27-12-15-29-21(18-27)20-16-25-26(2)17-20;/h4-6,8-9,16-17,21H,3,7,10-15,18H2,1-2H3,(H,23,24);1H. The molecule has 1 atom stereocenters. The van der Waals surface area contributed by atoms with E-state index in [1.165, 1.54) is 5.56 Å². The van der Waals surface area contributed by atoms with Crippen molar-refractivity contribution in [3.63, 3.8) is 0 Å². The molecule has 1 aliphatic heterocycles. The second kappa shape index (κ2) is 13.6. The van der Waals surface area contributed by atoms with E-state index in [0.717, 1.165) is 63.8 Å². The monoisotopic (exact) mass is 527 g/mol. The summed E-state index contributed by atoms with van der Waals surface area (Å²) in [5.41, 5.74) is 2.43. The van der Waals surface area contributed by atoms with E-state index in [-0.39, 0.29) is 30.1 Å². The van der Waals surface area contributed by atoms with Crippen LogP contribution < -0.4 is 5.32 Å². The summed E-state index contributed by atoms with van der Waals surface area (Å²) in [6.07, 6.45) is 5.80. The van der Waals surface area contributed by atoms with Gasteiger partial charge in [0.2, 0.25) is 0 Å². The molecule has 2 aromatic rings. The van der Waals surface area contributed by atoms with Crippen LogP contribution in [0.15, 0.2) is 47.7 Å². The molecule has 1 aromatic carbocycles. The summed E-state index contributed by atoms with van der Waals surface area (Å²) >= 11 is 0. The second-order valence-electron chi connectivity index (χ2n) is 7.19. The van der Waals surface area contributed by atoms with Gasteiger partial charge in [-0.1, -0.05) is 30.3 Å². The van der Waals surface area contributed by atoms with Gasteiger partial charge in [0, 0.05) is 45.0 Å². The fourth-order valence-electron chi connectivity index (χ4n) is 3.36. The minimum absolute atomic E-state index is 0. The van der Waals surface area contributed by atoms with Crippen molar-refractivity contribution in [2.24, 2.45) is 12.0 Å². The highest BCUT2D eigenvalue weighted by atomic mass is 127. The van der Waals surface area contributed by atoms with Gasteiger partial charge in [-0.05, 0) is 25.3 Å². The van der Waals surface area contributed by atoms with Crippen molar-refractivity contribution < 1.29 is 9.47 Å². The van der Waals surface area contributed by atoms with Crippen LogP contribution in [0.25, 0.3) is 0 Å². The van der Waals surface area contributed by atoms with Crippen LogP contribution in [0.2, 0.25) is 0 Å². The Bertz CT molecular complexity index is 753. The molecule has 1 aromatic heterocycles. The summed E-state index contributed by atoms with van der Waals surface area (Å²) in [4.78, 5) is 7.08. The van der Waals surface area contributed by atoms with Gasteiger partial charge >= 0.3 is 0 Å². The van der Waals surface area contributed by atoms with Crippen LogP contribution in [-0.4, -0.2) is 66.6 Å². The number of guanidine groups is 1. The molecule has 1 fully saturated rings. The summed E-state index contributed by atoms with van der Waals surface area (Å²) < 4.78 is 13.5. The molecule has 3 rings (SSSR count). The van der Waals surface area contributed by atoms with Crippen molar-refractivity contribution in [1.29, 1.82) is 0 Å².